The van der Waals surface area contributed by atoms with Crippen LogP contribution in [-0.4, -0.2) is 5.91 Å². The van der Waals surface area contributed by atoms with Crippen molar-refractivity contribution in [3.05, 3.63) is 70.4 Å². The highest BCUT2D eigenvalue weighted by atomic mass is 35.5. The average molecular weight is 272 g/mol. The van der Waals surface area contributed by atoms with Gasteiger partial charge in [0, 0.05) is 17.1 Å². The summed E-state index contributed by atoms with van der Waals surface area (Å²) >= 11 is 5.90. The molecule has 0 spiro atoms. The van der Waals surface area contributed by atoms with Gasteiger partial charge >= 0.3 is 0 Å². The van der Waals surface area contributed by atoms with Gasteiger partial charge in [0.25, 0.3) is 0 Å². The topological polar surface area (TPSA) is 29.1 Å². The molecule has 0 bridgehead atoms. The third-order valence-electron chi connectivity index (χ3n) is 3.53. The molecule has 1 heterocycles. The molecule has 19 heavy (non-hydrogen) atoms. The Hall–Kier alpha value is -1.80. The molecule has 0 radical (unpaired) electrons. The van der Waals surface area contributed by atoms with Gasteiger partial charge in [-0.25, -0.2) is 0 Å². The van der Waals surface area contributed by atoms with Gasteiger partial charge in [-0.2, -0.15) is 0 Å². The van der Waals surface area contributed by atoms with Gasteiger partial charge in [-0.05, 0) is 35.6 Å². The first-order chi connectivity index (χ1) is 9.22. The molecule has 0 saturated carbocycles. The Balaban J connectivity index is 1.89. The van der Waals surface area contributed by atoms with E-state index in [9.17, 15) is 4.79 Å². The van der Waals surface area contributed by atoms with E-state index >= 15 is 0 Å². The normalized spacial score (nSPS) is 21.9. The molecular formula is C16H14ClNO. The van der Waals surface area contributed by atoms with Crippen molar-refractivity contribution in [1.82, 2.24) is 5.32 Å². The number of carbonyl (C=O) groups is 1. The van der Waals surface area contributed by atoms with Gasteiger partial charge in [0.15, 0.2) is 0 Å². The Bertz CT molecular complexity index is 582. The molecule has 1 aliphatic carbocycles. The fourth-order valence-electron chi connectivity index (χ4n) is 2.55. The van der Waals surface area contributed by atoms with E-state index < -0.39 is 0 Å². The molecule has 1 atom stereocenters. The maximum absolute atomic E-state index is 11.9. The van der Waals surface area contributed by atoms with Gasteiger partial charge in [-0.15, -0.1) is 0 Å². The van der Waals surface area contributed by atoms with E-state index in [4.69, 9.17) is 11.6 Å². The second kappa shape index (κ2) is 5.06. The van der Waals surface area contributed by atoms with E-state index in [1.807, 2.05) is 48.6 Å². The Morgan fingerprint density at radius 1 is 1.05 bits per heavy atom. The zero-order valence-electron chi connectivity index (χ0n) is 10.4. The lowest BCUT2D eigenvalue weighted by molar-refractivity contribution is -0.121. The number of allylic oxidation sites excluding steroid dienone is 6. The van der Waals surface area contributed by atoms with E-state index in [0.717, 1.165) is 22.7 Å². The number of carbonyl (C=O) groups excluding carboxylic acids is 1. The lowest BCUT2D eigenvalue weighted by Crippen LogP contribution is -2.31. The molecule has 3 rings (SSSR count). The zero-order chi connectivity index (χ0) is 13.2. The van der Waals surface area contributed by atoms with E-state index in [-0.39, 0.29) is 11.8 Å². The Morgan fingerprint density at radius 2 is 1.74 bits per heavy atom. The molecule has 2 nitrogen and oxygen atoms in total. The molecule has 3 heteroatoms. The van der Waals surface area contributed by atoms with Crippen molar-refractivity contribution in [1.29, 1.82) is 0 Å². The Labute approximate surface area is 117 Å². The van der Waals surface area contributed by atoms with Gasteiger partial charge in [0.2, 0.25) is 5.91 Å². The molecular weight excluding hydrogens is 258 g/mol. The van der Waals surface area contributed by atoms with Crippen LogP contribution in [0.3, 0.4) is 0 Å². The van der Waals surface area contributed by atoms with Crippen LogP contribution in [0.5, 0.6) is 0 Å². The van der Waals surface area contributed by atoms with Crippen LogP contribution >= 0.6 is 11.6 Å². The smallest absolute Gasteiger partial charge is 0.224 e. The van der Waals surface area contributed by atoms with Crippen LogP contribution in [0.1, 0.15) is 24.3 Å². The van der Waals surface area contributed by atoms with Crippen molar-refractivity contribution < 1.29 is 4.79 Å². The second-order valence-corrected chi connectivity index (χ2v) is 5.29. The number of benzene rings is 1. The summed E-state index contributed by atoms with van der Waals surface area (Å²) < 4.78 is 0. The molecule has 1 saturated heterocycles. The van der Waals surface area contributed by atoms with Crippen molar-refractivity contribution in [2.24, 2.45) is 0 Å². The summed E-state index contributed by atoms with van der Waals surface area (Å²) in [4.78, 5) is 11.9. The van der Waals surface area contributed by atoms with Crippen LogP contribution in [0.25, 0.3) is 0 Å². The molecule has 0 aromatic heterocycles. The molecule has 1 amide bonds. The highest BCUT2D eigenvalue weighted by Gasteiger charge is 2.25. The largest absolute Gasteiger partial charge is 0.329 e. The summed E-state index contributed by atoms with van der Waals surface area (Å²) in [6, 6.07) is 7.78. The molecule has 1 aromatic rings. The summed E-state index contributed by atoms with van der Waals surface area (Å²) in [5.41, 5.74) is 3.29. The average Bonchev–Trinajstić information content (AvgIpc) is 2.93. The first-order valence-electron chi connectivity index (χ1n) is 6.35. The van der Waals surface area contributed by atoms with Crippen LogP contribution in [-0.2, 0) is 4.79 Å². The number of rotatable bonds is 1. The lowest BCUT2D eigenvalue weighted by Gasteiger charge is -2.26. The summed E-state index contributed by atoms with van der Waals surface area (Å²) in [5, 5.41) is 3.71. The Kier molecular flexibility index (Phi) is 3.26. The van der Waals surface area contributed by atoms with Gasteiger partial charge in [-0.3, -0.25) is 4.79 Å². The number of halogens is 1. The minimum absolute atomic E-state index is 0.0856. The number of piperidine rings is 1. The maximum Gasteiger partial charge on any atom is 0.224 e. The minimum Gasteiger partial charge on any atom is -0.329 e. The first kappa shape index (κ1) is 12.2. The molecule has 1 fully saturated rings. The highest BCUT2D eigenvalue weighted by molar-refractivity contribution is 6.30. The van der Waals surface area contributed by atoms with E-state index in [1.165, 1.54) is 5.56 Å². The van der Waals surface area contributed by atoms with E-state index in [2.05, 4.69) is 5.32 Å². The van der Waals surface area contributed by atoms with Crippen LogP contribution < -0.4 is 5.32 Å². The van der Waals surface area contributed by atoms with Crippen molar-refractivity contribution in [2.75, 3.05) is 0 Å². The van der Waals surface area contributed by atoms with Crippen LogP contribution in [0.15, 0.2) is 59.8 Å². The van der Waals surface area contributed by atoms with Gasteiger partial charge in [0.1, 0.15) is 0 Å². The minimum atomic E-state index is 0.0856. The third kappa shape index (κ3) is 2.64. The summed E-state index contributed by atoms with van der Waals surface area (Å²) in [6.45, 7) is 0. The van der Waals surface area contributed by atoms with Crippen molar-refractivity contribution >= 4 is 17.5 Å². The summed E-state index contributed by atoms with van der Waals surface area (Å²) in [6.07, 6.45) is 9.42. The number of hydrogen-bond donors (Lipinski definition) is 1. The number of nitrogens with one attached hydrogen (secondary N) is 1. The van der Waals surface area contributed by atoms with Gasteiger partial charge in [0.05, 0.1) is 0 Å². The monoisotopic (exact) mass is 271 g/mol. The zero-order valence-corrected chi connectivity index (χ0v) is 11.2. The summed E-state index contributed by atoms with van der Waals surface area (Å²) in [5.74, 6) is 0.318. The highest BCUT2D eigenvalue weighted by Crippen LogP contribution is 2.32. The van der Waals surface area contributed by atoms with Crippen molar-refractivity contribution in [3.63, 3.8) is 0 Å². The van der Waals surface area contributed by atoms with Gasteiger partial charge < -0.3 is 5.32 Å². The molecule has 1 aliphatic heterocycles. The molecule has 1 aromatic carbocycles. The van der Waals surface area contributed by atoms with E-state index in [1.54, 1.807) is 0 Å². The molecule has 96 valence electrons. The lowest BCUT2D eigenvalue weighted by atomic mass is 9.87. The number of hydrogen-bond acceptors (Lipinski definition) is 1. The van der Waals surface area contributed by atoms with Crippen LogP contribution in [0.2, 0.25) is 5.02 Å². The Morgan fingerprint density at radius 3 is 2.42 bits per heavy atom. The predicted octanol–water partition coefficient (Wildman–Crippen LogP) is 3.71. The SMILES string of the molecule is O=C1CC(c2ccc(Cl)cc2)CC(=C2C=CC=C2)N1. The molecule has 1 N–H and O–H groups in total. The van der Waals surface area contributed by atoms with Crippen LogP contribution in [0, 0.1) is 0 Å². The predicted molar refractivity (Wildman–Crippen MR) is 76.9 cm³/mol. The third-order valence-corrected chi connectivity index (χ3v) is 3.78. The maximum atomic E-state index is 11.9. The fourth-order valence-corrected chi connectivity index (χ4v) is 2.67. The van der Waals surface area contributed by atoms with Crippen molar-refractivity contribution in [2.45, 2.75) is 18.8 Å². The van der Waals surface area contributed by atoms with Crippen molar-refractivity contribution in [3.8, 4) is 0 Å². The standard InChI is InChI=1S/C16H14ClNO/c17-14-7-5-11(6-8-14)13-9-15(18-16(19)10-13)12-3-1-2-4-12/h1-8,13H,9-10H2,(H,18,19). The second-order valence-electron chi connectivity index (χ2n) is 4.86. The molecule has 2 aliphatic rings. The summed E-state index contributed by atoms with van der Waals surface area (Å²) in [7, 11) is 0. The quantitative estimate of drug-likeness (QED) is 0.829. The fraction of sp³-hybridized carbons (Fsp3) is 0.188. The van der Waals surface area contributed by atoms with Gasteiger partial charge in [-0.1, -0.05) is 48.0 Å². The molecule has 1 unspecified atom stereocenters. The van der Waals surface area contributed by atoms with Crippen LogP contribution in [0.4, 0.5) is 0 Å². The first-order valence-corrected chi connectivity index (χ1v) is 6.73. The van der Waals surface area contributed by atoms with E-state index in [0.29, 0.717) is 6.42 Å². The number of amides is 1.